The molecule has 0 saturated heterocycles. The fourth-order valence-electron chi connectivity index (χ4n) is 3.66. The number of carbonyl (C=O) groups is 2. The largest absolute Gasteiger partial charge is 0.494 e. The Morgan fingerprint density at radius 3 is 2.31 bits per heavy atom. The van der Waals surface area contributed by atoms with Gasteiger partial charge in [0.05, 0.1) is 24.0 Å². The lowest BCUT2D eigenvalue weighted by Gasteiger charge is -2.31. The lowest BCUT2D eigenvalue weighted by Crippen LogP contribution is -2.47. The molecule has 1 saturated carbocycles. The number of carbonyl (C=O) groups excluding carboxylic acids is 2. The standard InChI is InChI=1S/C23H37N3O5S/c1-7-23(2,3)32(29,30)25-18-13-11-16(12-14-18)22(28)24-19-10-8-9-17(21(19)31-6)15-20(27)26(4)5/h8-10,16,18,25H,7,11-15H2,1-6H3,(H,24,28). The van der Waals surface area contributed by atoms with Gasteiger partial charge in [0.25, 0.3) is 0 Å². The minimum atomic E-state index is -3.42. The van der Waals surface area contributed by atoms with Crippen LogP contribution in [0.1, 0.15) is 58.4 Å². The quantitative estimate of drug-likeness (QED) is 0.581. The zero-order valence-electron chi connectivity index (χ0n) is 20.0. The predicted molar refractivity (Wildman–Crippen MR) is 126 cm³/mol. The Balaban J connectivity index is 2.01. The molecule has 2 N–H and O–H groups in total. The van der Waals surface area contributed by atoms with Crippen molar-refractivity contribution in [1.29, 1.82) is 0 Å². The van der Waals surface area contributed by atoms with Crippen molar-refractivity contribution in [1.82, 2.24) is 9.62 Å². The number of hydrogen-bond acceptors (Lipinski definition) is 5. The van der Waals surface area contributed by atoms with Crippen molar-refractivity contribution in [3.8, 4) is 5.75 Å². The summed E-state index contributed by atoms with van der Waals surface area (Å²) in [7, 11) is 1.48. The van der Waals surface area contributed by atoms with E-state index in [1.807, 2.05) is 13.0 Å². The molecule has 1 aromatic carbocycles. The summed E-state index contributed by atoms with van der Waals surface area (Å²) in [5, 5.41) is 2.94. The van der Waals surface area contributed by atoms with Crippen LogP contribution in [0.15, 0.2) is 18.2 Å². The summed E-state index contributed by atoms with van der Waals surface area (Å²) < 4.78 is 32.7. The van der Waals surface area contributed by atoms with Crippen molar-refractivity contribution in [3.05, 3.63) is 23.8 Å². The average Bonchev–Trinajstić information content (AvgIpc) is 2.73. The zero-order chi connectivity index (χ0) is 24.1. The summed E-state index contributed by atoms with van der Waals surface area (Å²) >= 11 is 0. The van der Waals surface area contributed by atoms with Gasteiger partial charge in [0.15, 0.2) is 0 Å². The SMILES string of the molecule is CCC(C)(C)S(=O)(=O)NC1CCC(C(=O)Nc2cccc(CC(=O)N(C)C)c2OC)CC1. The summed E-state index contributed by atoms with van der Waals surface area (Å²) in [6.07, 6.45) is 3.15. The van der Waals surface area contributed by atoms with Gasteiger partial charge in [-0.2, -0.15) is 0 Å². The molecule has 180 valence electrons. The Morgan fingerprint density at radius 1 is 1.16 bits per heavy atom. The molecule has 1 aliphatic carbocycles. The molecule has 0 bridgehead atoms. The number of para-hydroxylation sites is 1. The van der Waals surface area contributed by atoms with Crippen molar-refractivity contribution in [2.24, 2.45) is 5.92 Å². The fraction of sp³-hybridized carbons (Fsp3) is 0.652. The molecule has 0 aromatic heterocycles. The van der Waals surface area contributed by atoms with Crippen LogP contribution < -0.4 is 14.8 Å². The van der Waals surface area contributed by atoms with E-state index < -0.39 is 14.8 Å². The summed E-state index contributed by atoms with van der Waals surface area (Å²) in [6, 6.07) is 5.21. The van der Waals surface area contributed by atoms with Crippen LogP contribution in [0, 0.1) is 5.92 Å². The van der Waals surface area contributed by atoms with Crippen LogP contribution in [0.4, 0.5) is 5.69 Å². The molecule has 2 amide bonds. The number of hydrogen-bond donors (Lipinski definition) is 2. The van der Waals surface area contributed by atoms with Crippen LogP contribution in [0.2, 0.25) is 0 Å². The molecule has 1 aromatic rings. The zero-order valence-corrected chi connectivity index (χ0v) is 20.8. The van der Waals surface area contributed by atoms with Gasteiger partial charge in [0.2, 0.25) is 21.8 Å². The third-order valence-electron chi connectivity index (χ3n) is 6.40. The Hall–Kier alpha value is -2.13. The number of nitrogens with one attached hydrogen (secondary N) is 2. The van der Waals surface area contributed by atoms with Crippen LogP contribution in [-0.2, 0) is 26.0 Å². The van der Waals surface area contributed by atoms with Crippen LogP contribution in [-0.4, -0.2) is 57.1 Å². The van der Waals surface area contributed by atoms with E-state index in [1.54, 1.807) is 40.1 Å². The number of benzene rings is 1. The Kier molecular flexibility index (Phi) is 8.70. The van der Waals surface area contributed by atoms with Crippen molar-refractivity contribution < 1.29 is 22.7 Å². The minimum Gasteiger partial charge on any atom is -0.494 e. The Bertz CT molecular complexity index is 920. The highest BCUT2D eigenvalue weighted by atomic mass is 32.2. The van der Waals surface area contributed by atoms with E-state index in [0.717, 1.165) is 0 Å². The van der Waals surface area contributed by atoms with Gasteiger partial charge in [-0.15, -0.1) is 0 Å². The monoisotopic (exact) mass is 467 g/mol. The number of likely N-dealkylation sites (N-methyl/N-ethyl adjacent to an activating group) is 1. The first kappa shape index (κ1) is 26.1. The highest BCUT2D eigenvalue weighted by Crippen LogP contribution is 2.32. The van der Waals surface area contributed by atoms with Gasteiger partial charge in [-0.05, 0) is 52.0 Å². The van der Waals surface area contributed by atoms with Gasteiger partial charge < -0.3 is 15.0 Å². The number of anilines is 1. The molecule has 0 spiro atoms. The predicted octanol–water partition coefficient (Wildman–Crippen LogP) is 2.93. The topological polar surface area (TPSA) is 105 Å². The first-order valence-corrected chi connectivity index (χ1v) is 12.6. The maximum atomic E-state index is 12.9. The molecular formula is C23H37N3O5S. The van der Waals surface area contributed by atoms with Gasteiger partial charge in [-0.25, -0.2) is 13.1 Å². The van der Waals surface area contributed by atoms with Gasteiger partial charge in [-0.3, -0.25) is 9.59 Å². The van der Waals surface area contributed by atoms with E-state index in [0.29, 0.717) is 49.1 Å². The summed E-state index contributed by atoms with van der Waals surface area (Å²) in [4.78, 5) is 26.5. The molecule has 0 heterocycles. The van der Waals surface area contributed by atoms with Crippen LogP contribution in [0.5, 0.6) is 5.75 Å². The number of rotatable bonds is 9. The van der Waals surface area contributed by atoms with E-state index in [4.69, 9.17) is 4.74 Å². The smallest absolute Gasteiger partial charge is 0.227 e. The number of nitrogens with zero attached hydrogens (tertiary/aromatic N) is 1. The third kappa shape index (κ3) is 6.22. The lowest BCUT2D eigenvalue weighted by atomic mass is 9.86. The second-order valence-electron chi connectivity index (χ2n) is 9.24. The fourth-order valence-corrected chi connectivity index (χ4v) is 5.04. The molecule has 0 atom stereocenters. The Labute approximate surface area is 192 Å². The molecule has 0 unspecified atom stereocenters. The average molecular weight is 468 g/mol. The number of sulfonamides is 1. The van der Waals surface area contributed by atoms with Crippen LogP contribution in [0.3, 0.4) is 0 Å². The van der Waals surface area contributed by atoms with Crippen molar-refractivity contribution in [3.63, 3.8) is 0 Å². The maximum Gasteiger partial charge on any atom is 0.227 e. The maximum absolute atomic E-state index is 12.9. The Morgan fingerprint density at radius 2 is 1.78 bits per heavy atom. The molecule has 0 radical (unpaired) electrons. The minimum absolute atomic E-state index is 0.0567. The molecule has 2 rings (SSSR count). The second-order valence-corrected chi connectivity index (χ2v) is 11.6. The van der Waals surface area contributed by atoms with Gasteiger partial charge in [0, 0.05) is 31.6 Å². The highest BCUT2D eigenvalue weighted by Gasteiger charge is 2.36. The number of ether oxygens (including phenoxy) is 1. The number of amides is 2. The molecular weight excluding hydrogens is 430 g/mol. The highest BCUT2D eigenvalue weighted by molar-refractivity contribution is 7.90. The molecule has 0 aliphatic heterocycles. The van der Waals surface area contributed by atoms with E-state index in [-0.39, 0.29) is 30.2 Å². The van der Waals surface area contributed by atoms with E-state index in [9.17, 15) is 18.0 Å². The van der Waals surface area contributed by atoms with E-state index in [2.05, 4.69) is 10.0 Å². The molecule has 1 aliphatic rings. The van der Waals surface area contributed by atoms with Crippen molar-refractivity contribution in [2.75, 3.05) is 26.5 Å². The first-order valence-electron chi connectivity index (χ1n) is 11.1. The summed E-state index contributed by atoms with van der Waals surface area (Å²) in [6.45, 7) is 5.31. The molecule has 9 heteroatoms. The van der Waals surface area contributed by atoms with Gasteiger partial charge >= 0.3 is 0 Å². The molecule has 8 nitrogen and oxygen atoms in total. The summed E-state index contributed by atoms with van der Waals surface area (Å²) in [5.74, 6) is 0.111. The first-order chi connectivity index (χ1) is 14.9. The summed E-state index contributed by atoms with van der Waals surface area (Å²) in [5.41, 5.74) is 1.25. The van der Waals surface area contributed by atoms with Gasteiger partial charge in [-0.1, -0.05) is 19.1 Å². The van der Waals surface area contributed by atoms with Gasteiger partial charge in [0.1, 0.15) is 5.75 Å². The molecule has 32 heavy (non-hydrogen) atoms. The number of methoxy groups -OCH3 is 1. The third-order valence-corrected chi connectivity index (χ3v) is 8.79. The van der Waals surface area contributed by atoms with Crippen LogP contribution in [0.25, 0.3) is 0 Å². The van der Waals surface area contributed by atoms with E-state index >= 15 is 0 Å². The van der Waals surface area contributed by atoms with Crippen molar-refractivity contribution >= 4 is 27.5 Å². The normalized spacial score (nSPS) is 19.3. The second kappa shape index (κ2) is 10.7. The van der Waals surface area contributed by atoms with Crippen LogP contribution >= 0.6 is 0 Å². The van der Waals surface area contributed by atoms with E-state index in [1.165, 1.54) is 12.0 Å². The molecule has 1 fully saturated rings. The van der Waals surface area contributed by atoms with Crippen molar-refractivity contribution in [2.45, 2.75) is 70.1 Å². The lowest BCUT2D eigenvalue weighted by molar-refractivity contribution is -0.128.